The van der Waals surface area contributed by atoms with Gasteiger partial charge in [-0.05, 0) is 91.6 Å². The molecule has 0 unspecified atom stereocenters. The summed E-state index contributed by atoms with van der Waals surface area (Å²) in [5, 5.41) is 55.8. The van der Waals surface area contributed by atoms with Crippen molar-refractivity contribution in [2.45, 2.75) is 110 Å². The van der Waals surface area contributed by atoms with E-state index in [9.17, 15) is 30.3 Å². The number of allylic oxidation sites excluding steroid dienone is 1. The Bertz CT molecular complexity index is 1180. The molecule has 1 aromatic heterocycles. The summed E-state index contributed by atoms with van der Waals surface area (Å²) in [7, 11) is 0. The first kappa shape index (κ1) is 30.6. The molecule has 228 valence electrons. The highest BCUT2D eigenvalue weighted by molar-refractivity contribution is 5.95. The molecule has 0 amide bonds. The average Bonchev–Trinajstić information content (AvgIpc) is 3.55. The predicted octanol–water partition coefficient (Wildman–Crippen LogP) is 3.42. The quantitative estimate of drug-likeness (QED) is 0.287. The van der Waals surface area contributed by atoms with Crippen LogP contribution in [0.15, 0.2) is 42.5 Å². The van der Waals surface area contributed by atoms with E-state index in [1.165, 1.54) is 0 Å². The number of aliphatic hydroxyl groups is 5. The van der Waals surface area contributed by atoms with E-state index in [4.69, 9.17) is 0 Å². The summed E-state index contributed by atoms with van der Waals surface area (Å²) in [5.41, 5.74) is -1.28. The van der Waals surface area contributed by atoms with Crippen molar-refractivity contribution in [1.29, 1.82) is 0 Å². The lowest BCUT2D eigenvalue weighted by molar-refractivity contribution is -0.163. The number of nitrogens with zero attached hydrogens (tertiary/aromatic N) is 2. The van der Waals surface area contributed by atoms with Crippen molar-refractivity contribution >= 4 is 5.78 Å². The minimum Gasteiger partial charge on any atom is -0.396 e. The number of ketones is 1. The first-order valence-electron chi connectivity index (χ1n) is 15.5. The van der Waals surface area contributed by atoms with Crippen molar-refractivity contribution in [1.82, 2.24) is 9.55 Å². The van der Waals surface area contributed by atoms with Crippen molar-refractivity contribution < 1.29 is 30.3 Å². The molecule has 0 saturated heterocycles. The highest BCUT2D eigenvalue weighted by Gasteiger charge is 2.68. The number of carbonyl (C=O) groups is 1. The van der Waals surface area contributed by atoms with E-state index >= 15 is 0 Å². The number of fused-ring (bicyclic) bond motifs is 5. The minimum atomic E-state index is -1.35. The van der Waals surface area contributed by atoms with Gasteiger partial charge in [0, 0.05) is 30.3 Å². The zero-order valence-electron chi connectivity index (χ0n) is 25.2. The zero-order chi connectivity index (χ0) is 30.0. The summed E-state index contributed by atoms with van der Waals surface area (Å²) < 4.78 is 2.04. The molecular formula is C33H50N2O6. The third-order valence-corrected chi connectivity index (χ3v) is 12.4. The number of imidazole rings is 1. The Labute approximate surface area is 244 Å². The molecule has 0 aliphatic heterocycles. The normalized spacial score (nSPS) is 40.3. The third kappa shape index (κ3) is 4.78. The van der Waals surface area contributed by atoms with Crippen LogP contribution in [-0.2, 0) is 11.3 Å². The van der Waals surface area contributed by atoms with Crippen molar-refractivity contribution in [2.75, 3.05) is 6.61 Å². The molecule has 0 aromatic carbocycles. The smallest absolute Gasteiger partial charge is 0.159 e. The lowest BCUT2D eigenvalue weighted by atomic mass is 9.45. The van der Waals surface area contributed by atoms with Gasteiger partial charge in [0.15, 0.2) is 5.78 Å². The maximum atomic E-state index is 13.4. The summed E-state index contributed by atoms with van der Waals surface area (Å²) in [4.78, 5) is 17.5. The second kappa shape index (κ2) is 10.7. The molecule has 3 saturated carbocycles. The topological polar surface area (TPSA) is 136 Å². The molecule has 4 aliphatic carbocycles. The molecule has 8 heteroatoms. The number of aryl methyl sites for hydroxylation is 1. The molecule has 4 aliphatic rings. The van der Waals surface area contributed by atoms with Gasteiger partial charge < -0.3 is 30.1 Å². The molecule has 8 nitrogen and oxygen atoms in total. The van der Waals surface area contributed by atoms with Gasteiger partial charge in [-0.1, -0.05) is 39.8 Å². The highest BCUT2D eigenvalue weighted by Crippen LogP contribution is 2.68. The summed E-state index contributed by atoms with van der Waals surface area (Å²) >= 11 is 0. The molecule has 5 rings (SSSR count). The number of hydrogen-bond donors (Lipinski definition) is 5. The molecule has 41 heavy (non-hydrogen) atoms. The number of aromatic nitrogens is 2. The van der Waals surface area contributed by atoms with Gasteiger partial charge in [0.2, 0.25) is 0 Å². The Hall–Kier alpha value is -1.84. The van der Waals surface area contributed by atoms with Crippen LogP contribution in [-0.4, -0.2) is 71.4 Å². The molecular weight excluding hydrogens is 520 g/mol. The van der Waals surface area contributed by atoms with Crippen LogP contribution in [0.2, 0.25) is 0 Å². The summed E-state index contributed by atoms with van der Waals surface area (Å²) in [6, 6.07) is 0. The molecule has 3 fully saturated rings. The Morgan fingerprint density at radius 3 is 2.61 bits per heavy atom. The summed E-state index contributed by atoms with van der Waals surface area (Å²) in [6.07, 6.45) is 8.81. The monoisotopic (exact) mass is 570 g/mol. The fraction of sp³-hybridized carbons (Fsp3) is 0.758. The van der Waals surface area contributed by atoms with Gasteiger partial charge in [0.1, 0.15) is 0 Å². The largest absolute Gasteiger partial charge is 0.396 e. The zero-order valence-corrected chi connectivity index (χ0v) is 25.2. The fourth-order valence-corrected chi connectivity index (χ4v) is 9.33. The van der Waals surface area contributed by atoms with E-state index in [-0.39, 0.29) is 47.9 Å². The lowest BCUT2D eigenvalue weighted by Crippen LogP contribution is -2.62. The number of hydrogen-bond acceptors (Lipinski definition) is 7. The maximum Gasteiger partial charge on any atom is 0.159 e. The molecule has 0 spiro atoms. The van der Waals surface area contributed by atoms with Crippen LogP contribution in [0.5, 0.6) is 0 Å². The fourth-order valence-electron chi connectivity index (χ4n) is 9.33. The summed E-state index contributed by atoms with van der Waals surface area (Å²) in [6.45, 7) is 13.3. The van der Waals surface area contributed by atoms with Crippen molar-refractivity contribution in [3.63, 3.8) is 0 Å². The maximum absolute atomic E-state index is 13.4. The average molecular weight is 571 g/mol. The van der Waals surface area contributed by atoms with Crippen LogP contribution < -0.4 is 0 Å². The molecule has 0 bridgehead atoms. The predicted molar refractivity (Wildman–Crippen MR) is 155 cm³/mol. The molecule has 1 aromatic rings. The van der Waals surface area contributed by atoms with Crippen LogP contribution in [0.4, 0.5) is 0 Å². The van der Waals surface area contributed by atoms with E-state index in [2.05, 4.69) is 25.4 Å². The first-order chi connectivity index (χ1) is 19.2. The third-order valence-electron chi connectivity index (χ3n) is 12.4. The van der Waals surface area contributed by atoms with Gasteiger partial charge in [-0.2, -0.15) is 0 Å². The van der Waals surface area contributed by atoms with Crippen LogP contribution >= 0.6 is 0 Å². The Kier molecular flexibility index (Phi) is 7.99. The lowest BCUT2D eigenvalue weighted by Gasteiger charge is -2.60. The molecule has 1 heterocycles. The van der Waals surface area contributed by atoms with Crippen molar-refractivity contribution in [2.24, 2.45) is 39.9 Å². The second-order valence-corrected chi connectivity index (χ2v) is 14.7. The molecule has 5 N–H and O–H groups in total. The van der Waals surface area contributed by atoms with Gasteiger partial charge in [0.25, 0.3) is 0 Å². The van der Waals surface area contributed by atoms with Crippen LogP contribution in [0.25, 0.3) is 0 Å². The Balaban J connectivity index is 1.35. The van der Waals surface area contributed by atoms with Gasteiger partial charge in [-0.15, -0.1) is 0 Å². The van der Waals surface area contributed by atoms with Gasteiger partial charge in [-0.25, -0.2) is 4.98 Å². The van der Waals surface area contributed by atoms with Gasteiger partial charge in [-0.3, -0.25) is 4.79 Å². The second-order valence-electron chi connectivity index (χ2n) is 14.7. The molecule has 10 atom stereocenters. The Morgan fingerprint density at radius 2 is 1.95 bits per heavy atom. The van der Waals surface area contributed by atoms with Crippen molar-refractivity contribution in [3.05, 3.63) is 42.5 Å². The Morgan fingerprint density at radius 1 is 1.22 bits per heavy atom. The van der Waals surface area contributed by atoms with E-state index in [0.29, 0.717) is 44.1 Å². The number of rotatable bonds is 9. The SMILES string of the molecule is C=C(C[C@@H](O)[C@@H](C)[C@H]1CC[C@@]2(O)C3=CC(=O)[C@@H]4C[C@@H](O)[C@@H](O)C[C@]4(C)[C@H]3CC[C@]12CO)C(C)(C)CCn1ccnc1. The van der Waals surface area contributed by atoms with E-state index in [0.717, 1.165) is 18.5 Å². The molecule has 0 radical (unpaired) electrons. The van der Waals surface area contributed by atoms with Gasteiger partial charge >= 0.3 is 0 Å². The van der Waals surface area contributed by atoms with Crippen LogP contribution in [0.3, 0.4) is 0 Å². The number of carbonyl (C=O) groups excluding carboxylic acids is 1. The summed E-state index contributed by atoms with van der Waals surface area (Å²) in [5.74, 6) is -0.912. The van der Waals surface area contributed by atoms with Gasteiger partial charge in [0.05, 0.1) is 36.8 Å². The van der Waals surface area contributed by atoms with Crippen LogP contribution in [0.1, 0.15) is 79.1 Å². The van der Waals surface area contributed by atoms with Crippen molar-refractivity contribution in [3.8, 4) is 0 Å². The van der Waals surface area contributed by atoms with Crippen LogP contribution in [0, 0.1) is 39.9 Å². The van der Waals surface area contributed by atoms with E-state index < -0.39 is 34.7 Å². The first-order valence-corrected chi connectivity index (χ1v) is 15.5. The van der Waals surface area contributed by atoms with E-state index in [1.54, 1.807) is 18.6 Å². The number of aliphatic hydroxyl groups excluding tert-OH is 4. The standard InChI is InChI=1S/C33H50N2O6/c1-20(30(3,4)10-12-35-13-11-34-19-35)14-26(37)21(2)22-7-9-33(41)24-15-27(38)25-16-28(39)29(40)17-31(25,5)23(24)6-8-32(22,33)18-36/h11,13,15,19,21-23,25-26,28-29,36-37,39-41H,1,6-10,12,14,16-18H2,2-5H3/t21-,22+,23-,25-,26+,28+,29-,31+,32-,33+/m0/s1. The minimum absolute atomic E-state index is 0.0994. The van der Waals surface area contributed by atoms with E-state index in [1.807, 2.05) is 24.6 Å². The highest BCUT2D eigenvalue weighted by atomic mass is 16.3.